The number of benzene rings is 3. The zero-order valence-electron chi connectivity index (χ0n) is 15.3. The van der Waals surface area contributed by atoms with Gasteiger partial charge in [0.15, 0.2) is 0 Å². The Balaban J connectivity index is 1.52. The van der Waals surface area contributed by atoms with E-state index in [1.165, 1.54) is 12.3 Å². The summed E-state index contributed by atoms with van der Waals surface area (Å²) in [6.07, 6.45) is 4.60. The monoisotopic (exact) mass is 496 g/mol. The summed E-state index contributed by atoms with van der Waals surface area (Å²) in [5.41, 5.74) is 4.74. The van der Waals surface area contributed by atoms with Crippen LogP contribution in [-0.4, -0.2) is 18.1 Å². The van der Waals surface area contributed by atoms with Crippen molar-refractivity contribution in [2.24, 2.45) is 5.10 Å². The molecule has 0 bridgehead atoms. The molecule has 0 aromatic heterocycles. The number of hydrogen-bond donors (Lipinski definition) is 1. The van der Waals surface area contributed by atoms with Gasteiger partial charge in [-0.2, -0.15) is 5.10 Å². The van der Waals surface area contributed by atoms with Crippen molar-refractivity contribution >= 4 is 46.8 Å². The zero-order chi connectivity index (χ0) is 20.5. The van der Waals surface area contributed by atoms with Gasteiger partial charge in [-0.05, 0) is 76.2 Å². The SMILES string of the molecule is O=C(/C=C/c1ccccc1)Oc1ccc(/C=N\NC(=O)c2ccccc2I)cc1. The number of nitrogens with one attached hydrogen (secondary N) is 1. The Bertz CT molecular complexity index is 1050. The van der Waals surface area contributed by atoms with Gasteiger partial charge >= 0.3 is 5.97 Å². The third-order valence-corrected chi connectivity index (χ3v) is 4.75. The highest BCUT2D eigenvalue weighted by atomic mass is 127. The predicted molar refractivity (Wildman–Crippen MR) is 122 cm³/mol. The van der Waals surface area contributed by atoms with E-state index in [1.54, 1.807) is 42.5 Å². The fraction of sp³-hybridized carbons (Fsp3) is 0. The number of hydrazone groups is 1. The molecule has 0 unspecified atom stereocenters. The van der Waals surface area contributed by atoms with Crippen molar-refractivity contribution in [3.05, 3.63) is 105 Å². The molecule has 6 heteroatoms. The molecule has 0 fully saturated rings. The third-order valence-electron chi connectivity index (χ3n) is 3.81. The molecule has 29 heavy (non-hydrogen) atoms. The van der Waals surface area contributed by atoms with Crippen LogP contribution in [0.15, 0.2) is 90.0 Å². The Morgan fingerprint density at radius 3 is 2.28 bits per heavy atom. The first kappa shape index (κ1) is 20.5. The van der Waals surface area contributed by atoms with E-state index in [0.717, 1.165) is 14.7 Å². The molecule has 0 atom stereocenters. The van der Waals surface area contributed by atoms with Crippen LogP contribution >= 0.6 is 22.6 Å². The third kappa shape index (κ3) is 6.39. The minimum atomic E-state index is -0.458. The van der Waals surface area contributed by atoms with Gasteiger partial charge in [-0.25, -0.2) is 10.2 Å². The molecule has 3 aromatic rings. The summed E-state index contributed by atoms with van der Waals surface area (Å²) in [7, 11) is 0. The van der Waals surface area contributed by atoms with Crippen LogP contribution < -0.4 is 10.2 Å². The van der Waals surface area contributed by atoms with Crippen LogP contribution in [0.1, 0.15) is 21.5 Å². The van der Waals surface area contributed by atoms with E-state index in [-0.39, 0.29) is 5.91 Å². The van der Waals surface area contributed by atoms with E-state index in [1.807, 2.05) is 42.5 Å². The Morgan fingerprint density at radius 1 is 0.862 bits per heavy atom. The number of ether oxygens (including phenoxy) is 1. The fourth-order valence-electron chi connectivity index (χ4n) is 2.37. The highest BCUT2D eigenvalue weighted by Crippen LogP contribution is 2.13. The lowest BCUT2D eigenvalue weighted by Crippen LogP contribution is -2.18. The average molecular weight is 496 g/mol. The highest BCUT2D eigenvalue weighted by molar-refractivity contribution is 14.1. The normalized spacial score (nSPS) is 10.9. The Kier molecular flexibility index (Phi) is 7.29. The van der Waals surface area contributed by atoms with Gasteiger partial charge in [0.1, 0.15) is 5.75 Å². The smallest absolute Gasteiger partial charge is 0.336 e. The minimum Gasteiger partial charge on any atom is -0.423 e. The maximum Gasteiger partial charge on any atom is 0.336 e. The second-order valence-corrected chi connectivity index (χ2v) is 7.08. The molecule has 0 aliphatic heterocycles. The van der Waals surface area contributed by atoms with Crippen molar-refractivity contribution in [2.75, 3.05) is 0 Å². The van der Waals surface area contributed by atoms with Crippen LogP contribution in [0.25, 0.3) is 6.08 Å². The maximum absolute atomic E-state index is 12.1. The zero-order valence-corrected chi connectivity index (χ0v) is 17.4. The molecular weight excluding hydrogens is 479 g/mol. The van der Waals surface area contributed by atoms with Crippen molar-refractivity contribution < 1.29 is 14.3 Å². The van der Waals surface area contributed by atoms with Gasteiger partial charge in [-0.3, -0.25) is 4.79 Å². The minimum absolute atomic E-state index is 0.276. The van der Waals surface area contributed by atoms with E-state index in [4.69, 9.17) is 4.74 Å². The van der Waals surface area contributed by atoms with Gasteiger partial charge in [-0.15, -0.1) is 0 Å². The largest absolute Gasteiger partial charge is 0.423 e. The van der Waals surface area contributed by atoms with Gasteiger partial charge < -0.3 is 4.74 Å². The lowest BCUT2D eigenvalue weighted by atomic mass is 10.2. The summed E-state index contributed by atoms with van der Waals surface area (Å²) in [5, 5.41) is 3.97. The topological polar surface area (TPSA) is 67.8 Å². The Hall–Kier alpha value is -3.26. The van der Waals surface area contributed by atoms with E-state index in [9.17, 15) is 9.59 Å². The van der Waals surface area contributed by atoms with Crippen molar-refractivity contribution in [3.63, 3.8) is 0 Å². The number of esters is 1. The lowest BCUT2D eigenvalue weighted by molar-refractivity contribution is -0.128. The van der Waals surface area contributed by atoms with Crippen molar-refractivity contribution in [2.45, 2.75) is 0 Å². The molecule has 144 valence electrons. The molecule has 5 nitrogen and oxygen atoms in total. The van der Waals surface area contributed by atoms with Crippen LogP contribution in [0, 0.1) is 3.57 Å². The first-order valence-corrected chi connectivity index (χ1v) is 9.82. The Labute approximate surface area is 182 Å². The first-order chi connectivity index (χ1) is 14.1. The summed E-state index contributed by atoms with van der Waals surface area (Å²) in [5.74, 6) is -0.310. The molecule has 0 heterocycles. The molecule has 1 N–H and O–H groups in total. The van der Waals surface area contributed by atoms with Gasteiger partial charge in [0, 0.05) is 9.65 Å². The molecule has 0 saturated heterocycles. The number of hydrogen-bond acceptors (Lipinski definition) is 4. The number of halogens is 1. The molecule has 0 aliphatic carbocycles. The van der Waals surface area contributed by atoms with Gasteiger partial charge in [0.05, 0.1) is 11.8 Å². The van der Waals surface area contributed by atoms with Crippen LogP contribution in [-0.2, 0) is 4.79 Å². The van der Waals surface area contributed by atoms with Crippen LogP contribution in [0.2, 0.25) is 0 Å². The van der Waals surface area contributed by atoms with Crippen molar-refractivity contribution in [1.82, 2.24) is 5.43 Å². The molecule has 0 spiro atoms. The number of carbonyl (C=O) groups excluding carboxylic acids is 2. The van der Waals surface area contributed by atoms with Crippen LogP contribution in [0.3, 0.4) is 0 Å². The van der Waals surface area contributed by atoms with Crippen molar-refractivity contribution in [1.29, 1.82) is 0 Å². The molecule has 1 amide bonds. The molecule has 0 aliphatic rings. The van der Waals surface area contributed by atoms with Gasteiger partial charge in [0.2, 0.25) is 0 Å². The summed E-state index contributed by atoms with van der Waals surface area (Å²) < 4.78 is 6.12. The number of amides is 1. The van der Waals surface area contributed by atoms with E-state index in [0.29, 0.717) is 11.3 Å². The van der Waals surface area contributed by atoms with E-state index >= 15 is 0 Å². The van der Waals surface area contributed by atoms with Gasteiger partial charge in [-0.1, -0.05) is 42.5 Å². The molecule has 0 radical (unpaired) electrons. The van der Waals surface area contributed by atoms with Crippen molar-refractivity contribution in [3.8, 4) is 5.75 Å². The highest BCUT2D eigenvalue weighted by Gasteiger charge is 2.07. The summed E-state index contributed by atoms with van der Waals surface area (Å²) >= 11 is 2.10. The lowest BCUT2D eigenvalue weighted by Gasteiger charge is -2.03. The standard InChI is InChI=1S/C23H17IN2O3/c24-21-9-5-4-8-20(21)23(28)26-25-16-18-10-13-19(14-11-18)29-22(27)15-12-17-6-2-1-3-7-17/h1-16H,(H,26,28)/b15-12+,25-16-. The van der Waals surface area contributed by atoms with Gasteiger partial charge in [0.25, 0.3) is 5.91 Å². The van der Waals surface area contributed by atoms with E-state index < -0.39 is 5.97 Å². The summed E-state index contributed by atoms with van der Waals surface area (Å²) in [6.45, 7) is 0. The fourth-order valence-corrected chi connectivity index (χ4v) is 3.00. The number of carbonyl (C=O) groups is 2. The summed E-state index contributed by atoms with van der Waals surface area (Å²) in [6, 6.07) is 23.6. The van der Waals surface area contributed by atoms with E-state index in [2.05, 4.69) is 33.1 Å². The predicted octanol–water partition coefficient (Wildman–Crippen LogP) is 4.67. The quantitative estimate of drug-likeness (QED) is 0.135. The second-order valence-electron chi connectivity index (χ2n) is 5.91. The molecule has 3 aromatic carbocycles. The molecule has 3 rings (SSSR count). The molecular formula is C23H17IN2O3. The summed E-state index contributed by atoms with van der Waals surface area (Å²) in [4.78, 5) is 24.0. The van der Waals surface area contributed by atoms with Crippen LogP contribution in [0.5, 0.6) is 5.75 Å². The number of rotatable bonds is 6. The second kappa shape index (κ2) is 10.3. The maximum atomic E-state index is 12.1. The first-order valence-electron chi connectivity index (χ1n) is 8.75. The average Bonchev–Trinajstić information content (AvgIpc) is 2.74. The van der Waals surface area contributed by atoms with Crippen LogP contribution in [0.4, 0.5) is 0 Å². The molecule has 0 saturated carbocycles. The Morgan fingerprint density at radius 2 is 1.55 bits per heavy atom. The number of nitrogens with zero attached hydrogens (tertiary/aromatic N) is 1.